The molecule has 0 atom stereocenters. The van der Waals surface area contributed by atoms with Gasteiger partial charge in [-0.05, 0) is 12.3 Å². The van der Waals surface area contributed by atoms with Crippen LogP contribution < -0.4 is 10.6 Å². The maximum absolute atomic E-state index is 4.08. The number of halogens is 1. The number of aliphatic imine (C=N–C) groups is 1. The minimum Gasteiger partial charge on any atom is -0.359 e. The molecule has 1 aliphatic carbocycles. The van der Waals surface area contributed by atoms with Gasteiger partial charge in [0.25, 0.3) is 0 Å². The molecule has 15 heavy (non-hydrogen) atoms. The van der Waals surface area contributed by atoms with Crippen molar-refractivity contribution in [2.45, 2.75) is 38.5 Å². The number of guanidine groups is 1. The fraction of sp³-hybridized carbons (Fsp3) is 0.909. The minimum absolute atomic E-state index is 0. The zero-order valence-electron chi connectivity index (χ0n) is 9.88. The molecule has 3 nitrogen and oxygen atoms in total. The molecule has 0 aliphatic heterocycles. The second kappa shape index (κ2) is 9.01. The van der Waals surface area contributed by atoms with E-state index < -0.39 is 0 Å². The summed E-state index contributed by atoms with van der Waals surface area (Å²) in [4.78, 5) is 4.08. The molecule has 0 saturated heterocycles. The second-order valence-corrected chi connectivity index (χ2v) is 4.04. The second-order valence-electron chi connectivity index (χ2n) is 4.04. The van der Waals surface area contributed by atoms with Gasteiger partial charge in [-0.15, -0.1) is 17.0 Å². The number of nitrogens with zero attached hydrogens (tertiary/aromatic N) is 1. The van der Waals surface area contributed by atoms with Crippen molar-refractivity contribution in [2.24, 2.45) is 10.9 Å². The van der Waals surface area contributed by atoms with E-state index in [1.54, 1.807) is 7.05 Å². The molecule has 1 aliphatic rings. The minimum atomic E-state index is 0. The van der Waals surface area contributed by atoms with E-state index in [1.165, 1.54) is 38.5 Å². The molecule has 0 unspecified atom stereocenters. The van der Waals surface area contributed by atoms with Crippen molar-refractivity contribution in [2.75, 3.05) is 20.6 Å². The van der Waals surface area contributed by atoms with Gasteiger partial charge in [0.2, 0.25) is 0 Å². The van der Waals surface area contributed by atoms with Gasteiger partial charge in [-0.1, -0.05) is 32.1 Å². The van der Waals surface area contributed by atoms with E-state index >= 15 is 0 Å². The van der Waals surface area contributed by atoms with E-state index in [0.717, 1.165) is 18.4 Å². The van der Waals surface area contributed by atoms with Gasteiger partial charge in [0.1, 0.15) is 0 Å². The van der Waals surface area contributed by atoms with Gasteiger partial charge in [0.05, 0.1) is 0 Å². The number of rotatable bonds is 3. The summed E-state index contributed by atoms with van der Waals surface area (Å²) in [6.45, 7) is 1.05. The largest absolute Gasteiger partial charge is 0.359 e. The van der Waals surface area contributed by atoms with Crippen molar-refractivity contribution in [3.8, 4) is 0 Å². The first kappa shape index (κ1) is 14.8. The van der Waals surface area contributed by atoms with Crippen LogP contribution >= 0.6 is 17.0 Å². The summed E-state index contributed by atoms with van der Waals surface area (Å²) in [5.74, 6) is 1.85. The van der Waals surface area contributed by atoms with E-state index in [2.05, 4.69) is 15.6 Å². The molecule has 1 saturated carbocycles. The van der Waals surface area contributed by atoms with Gasteiger partial charge in [-0.3, -0.25) is 4.99 Å². The molecule has 2 N–H and O–H groups in total. The molecular formula is C11H24BrN3. The fourth-order valence-electron chi connectivity index (χ4n) is 2.15. The average molecular weight is 278 g/mol. The molecule has 1 fully saturated rings. The van der Waals surface area contributed by atoms with Crippen LogP contribution in [0.3, 0.4) is 0 Å². The summed E-state index contributed by atoms with van der Waals surface area (Å²) >= 11 is 0. The summed E-state index contributed by atoms with van der Waals surface area (Å²) in [6, 6.07) is 0. The number of hydrogen-bond donors (Lipinski definition) is 2. The molecule has 0 bridgehead atoms. The van der Waals surface area contributed by atoms with Crippen LogP contribution in [0, 0.1) is 5.92 Å². The van der Waals surface area contributed by atoms with E-state index in [1.807, 2.05) is 7.05 Å². The van der Waals surface area contributed by atoms with Crippen molar-refractivity contribution in [3.63, 3.8) is 0 Å². The standard InChI is InChI=1S/C11H23N3.BrH/c1-12-11(13-2)14-9-8-10-6-4-3-5-7-10;/h10H,3-9H2,1-2H3,(H2,12,13,14);1H. The Morgan fingerprint density at radius 2 is 1.93 bits per heavy atom. The normalized spacial score (nSPS) is 18.1. The first-order chi connectivity index (χ1) is 6.86. The Morgan fingerprint density at radius 3 is 2.47 bits per heavy atom. The third kappa shape index (κ3) is 6.03. The average Bonchev–Trinajstić information content (AvgIpc) is 2.26. The quantitative estimate of drug-likeness (QED) is 0.614. The molecule has 0 amide bonds. The highest BCUT2D eigenvalue weighted by molar-refractivity contribution is 8.93. The summed E-state index contributed by atoms with van der Waals surface area (Å²) in [5, 5.41) is 6.33. The van der Waals surface area contributed by atoms with Crippen molar-refractivity contribution in [3.05, 3.63) is 0 Å². The van der Waals surface area contributed by atoms with Crippen molar-refractivity contribution >= 4 is 22.9 Å². The zero-order chi connectivity index (χ0) is 10.2. The third-order valence-electron chi connectivity index (χ3n) is 3.03. The predicted octanol–water partition coefficient (Wildman–Crippen LogP) is 2.33. The van der Waals surface area contributed by atoms with Crippen molar-refractivity contribution in [1.29, 1.82) is 0 Å². The van der Waals surface area contributed by atoms with Gasteiger partial charge in [0.15, 0.2) is 5.96 Å². The Morgan fingerprint density at radius 1 is 1.27 bits per heavy atom. The Bertz CT molecular complexity index is 177. The van der Waals surface area contributed by atoms with Crippen molar-refractivity contribution in [1.82, 2.24) is 10.6 Å². The van der Waals surface area contributed by atoms with Crippen molar-refractivity contribution < 1.29 is 0 Å². The maximum Gasteiger partial charge on any atom is 0.190 e. The summed E-state index contributed by atoms with van der Waals surface area (Å²) in [5.41, 5.74) is 0. The summed E-state index contributed by atoms with van der Waals surface area (Å²) < 4.78 is 0. The predicted molar refractivity (Wildman–Crippen MR) is 71.9 cm³/mol. The lowest BCUT2D eigenvalue weighted by atomic mass is 9.87. The van der Waals surface area contributed by atoms with Crippen LogP contribution in [0.15, 0.2) is 4.99 Å². The Kier molecular flexibility index (Phi) is 8.86. The topological polar surface area (TPSA) is 36.4 Å². The summed E-state index contributed by atoms with van der Waals surface area (Å²) in [7, 11) is 3.70. The third-order valence-corrected chi connectivity index (χ3v) is 3.03. The molecule has 0 aromatic rings. The van der Waals surface area contributed by atoms with Crippen LogP contribution in [0.25, 0.3) is 0 Å². The van der Waals surface area contributed by atoms with E-state index in [4.69, 9.17) is 0 Å². The van der Waals surface area contributed by atoms with Gasteiger partial charge in [0, 0.05) is 20.6 Å². The lowest BCUT2D eigenvalue weighted by molar-refractivity contribution is 0.339. The molecule has 0 aromatic carbocycles. The zero-order valence-corrected chi connectivity index (χ0v) is 11.6. The van der Waals surface area contributed by atoms with Crippen LogP contribution in [0.5, 0.6) is 0 Å². The molecule has 90 valence electrons. The van der Waals surface area contributed by atoms with Crippen LogP contribution in [0.2, 0.25) is 0 Å². The number of nitrogens with one attached hydrogen (secondary N) is 2. The van der Waals surface area contributed by atoms with Gasteiger partial charge in [-0.25, -0.2) is 0 Å². The molecule has 0 radical (unpaired) electrons. The van der Waals surface area contributed by atoms with Gasteiger partial charge < -0.3 is 10.6 Å². The maximum atomic E-state index is 4.08. The lowest BCUT2D eigenvalue weighted by Crippen LogP contribution is -2.35. The van der Waals surface area contributed by atoms with Crippen LogP contribution in [0.1, 0.15) is 38.5 Å². The molecule has 4 heteroatoms. The van der Waals surface area contributed by atoms with E-state index in [9.17, 15) is 0 Å². The molecule has 1 rings (SSSR count). The van der Waals surface area contributed by atoms with Gasteiger partial charge in [-0.2, -0.15) is 0 Å². The highest BCUT2D eigenvalue weighted by Gasteiger charge is 2.12. The van der Waals surface area contributed by atoms with Crippen LogP contribution in [0.4, 0.5) is 0 Å². The van der Waals surface area contributed by atoms with Gasteiger partial charge >= 0.3 is 0 Å². The molecule has 0 heterocycles. The Labute approximate surface area is 104 Å². The Balaban J connectivity index is 0.00000196. The smallest absolute Gasteiger partial charge is 0.190 e. The Hall–Kier alpha value is -0.250. The SMILES string of the molecule is Br.CN=C(NC)NCCC1CCCCC1. The fourth-order valence-corrected chi connectivity index (χ4v) is 2.15. The molecular weight excluding hydrogens is 254 g/mol. The molecule has 0 spiro atoms. The van der Waals surface area contributed by atoms with E-state index in [0.29, 0.717) is 0 Å². The first-order valence-electron chi connectivity index (χ1n) is 5.75. The first-order valence-corrected chi connectivity index (χ1v) is 5.75. The summed E-state index contributed by atoms with van der Waals surface area (Å²) in [6.07, 6.45) is 8.47. The lowest BCUT2D eigenvalue weighted by Gasteiger charge is -2.21. The monoisotopic (exact) mass is 277 g/mol. The van der Waals surface area contributed by atoms with Crippen LogP contribution in [-0.2, 0) is 0 Å². The highest BCUT2D eigenvalue weighted by Crippen LogP contribution is 2.25. The molecule has 0 aromatic heterocycles. The van der Waals surface area contributed by atoms with Crippen LogP contribution in [-0.4, -0.2) is 26.6 Å². The van der Waals surface area contributed by atoms with E-state index in [-0.39, 0.29) is 17.0 Å². The number of hydrogen-bond acceptors (Lipinski definition) is 1. The highest BCUT2D eigenvalue weighted by atomic mass is 79.9.